The van der Waals surface area contributed by atoms with Crippen LogP contribution in [0.15, 0.2) is 0 Å². The summed E-state index contributed by atoms with van der Waals surface area (Å²) in [6.45, 7) is 3.86. The van der Waals surface area contributed by atoms with Crippen LogP contribution in [0.5, 0.6) is 0 Å². The molecule has 0 aliphatic carbocycles. The molecule has 0 saturated carbocycles. The van der Waals surface area contributed by atoms with Gasteiger partial charge in [0.15, 0.2) is 6.29 Å². The maximum absolute atomic E-state index is 13.0. The fourth-order valence-electron chi connectivity index (χ4n) is 8.22. The van der Waals surface area contributed by atoms with Gasteiger partial charge in [-0.1, -0.05) is 226 Å². The van der Waals surface area contributed by atoms with E-state index in [1.807, 2.05) is 0 Å². The number of amides is 1. The van der Waals surface area contributed by atoms with E-state index >= 15 is 0 Å². The fourth-order valence-corrected chi connectivity index (χ4v) is 8.22. The van der Waals surface area contributed by atoms with Gasteiger partial charge in [0, 0.05) is 6.42 Å². The van der Waals surface area contributed by atoms with Gasteiger partial charge in [-0.25, -0.2) is 0 Å². The molecule has 0 aromatic carbocycles. The Kier molecular flexibility index (Phi) is 37.4. The summed E-state index contributed by atoms with van der Waals surface area (Å²) >= 11 is 0. The SMILES string of the molecule is CCCCCCCCCCCCCCCCCCCCCC(=O)N[C@@H](CO[C@@H]1O[C@H](CO)[C@H](O)C(O)C1O)[C@H](O)CCCCCCCCCCCCCCCCC. The minimum Gasteiger partial charge on any atom is -0.394 e. The highest BCUT2D eigenvalue weighted by atomic mass is 16.7. The van der Waals surface area contributed by atoms with Crippen molar-refractivity contribution >= 4 is 5.91 Å². The lowest BCUT2D eigenvalue weighted by molar-refractivity contribution is -0.302. The number of nitrogens with one attached hydrogen (secondary N) is 1. The molecule has 9 nitrogen and oxygen atoms in total. The maximum Gasteiger partial charge on any atom is 0.220 e. The van der Waals surface area contributed by atoms with Gasteiger partial charge in [-0.3, -0.25) is 4.79 Å². The first-order valence-electron chi connectivity index (χ1n) is 24.7. The van der Waals surface area contributed by atoms with E-state index in [2.05, 4.69) is 19.2 Å². The third kappa shape index (κ3) is 30.0. The molecule has 0 aromatic heterocycles. The molecule has 9 heteroatoms. The molecule has 0 bridgehead atoms. The molecule has 6 N–H and O–H groups in total. The molecule has 1 amide bonds. The normalized spacial score (nSPS) is 20.9. The van der Waals surface area contributed by atoms with Crippen LogP contribution in [0.4, 0.5) is 0 Å². The number of aliphatic hydroxyl groups excluding tert-OH is 5. The monoisotopic (exact) mass is 814 g/mol. The van der Waals surface area contributed by atoms with Crippen LogP contribution in [-0.4, -0.2) is 87.5 Å². The van der Waals surface area contributed by atoms with Crippen LogP contribution in [0.1, 0.15) is 245 Å². The highest BCUT2D eigenvalue weighted by Crippen LogP contribution is 2.23. The summed E-state index contributed by atoms with van der Waals surface area (Å²) in [6.07, 6.45) is 36.8. The standard InChI is InChI=1S/C48H95NO8/c1-3-5-7-9-11-13-15-17-19-20-21-22-24-26-28-30-32-34-36-38-44(52)49-41(40-56-48-47(55)46(54)45(53)43(39-50)57-48)42(51)37-35-33-31-29-27-25-23-18-16-14-12-10-8-6-4-2/h41-43,45-48,50-51,53-55H,3-40H2,1-2H3,(H,49,52)/t41-,42+,43+,45-,46?,47?,48+/m0/s1. The Bertz CT molecular complexity index is 862. The third-order valence-electron chi connectivity index (χ3n) is 12.2. The molecule has 1 aliphatic rings. The van der Waals surface area contributed by atoms with Crippen molar-refractivity contribution in [3.05, 3.63) is 0 Å². The predicted molar refractivity (Wildman–Crippen MR) is 235 cm³/mol. The molecule has 1 rings (SSSR count). The van der Waals surface area contributed by atoms with E-state index in [1.165, 1.54) is 180 Å². The fraction of sp³-hybridized carbons (Fsp3) is 0.979. The lowest BCUT2D eigenvalue weighted by atomic mass is 9.99. The summed E-state index contributed by atoms with van der Waals surface area (Å²) in [6, 6.07) is -0.711. The topological polar surface area (TPSA) is 149 Å². The van der Waals surface area contributed by atoms with Crippen molar-refractivity contribution in [3.8, 4) is 0 Å². The van der Waals surface area contributed by atoms with Gasteiger partial charge in [0.2, 0.25) is 5.91 Å². The number of hydrogen-bond acceptors (Lipinski definition) is 8. The highest BCUT2D eigenvalue weighted by Gasteiger charge is 2.44. The van der Waals surface area contributed by atoms with Crippen molar-refractivity contribution in [1.29, 1.82) is 0 Å². The van der Waals surface area contributed by atoms with Gasteiger partial charge in [0.25, 0.3) is 0 Å². The van der Waals surface area contributed by atoms with Crippen molar-refractivity contribution in [3.63, 3.8) is 0 Å². The van der Waals surface area contributed by atoms with Gasteiger partial charge in [-0.2, -0.15) is 0 Å². The second kappa shape index (κ2) is 39.3. The van der Waals surface area contributed by atoms with Crippen LogP contribution < -0.4 is 5.32 Å². The van der Waals surface area contributed by atoms with Gasteiger partial charge in [0.1, 0.15) is 24.4 Å². The Balaban J connectivity index is 2.27. The molecule has 7 atom stereocenters. The van der Waals surface area contributed by atoms with Crippen molar-refractivity contribution in [2.75, 3.05) is 13.2 Å². The first kappa shape index (κ1) is 54.2. The number of hydrogen-bond donors (Lipinski definition) is 6. The molecule has 0 spiro atoms. The zero-order chi connectivity index (χ0) is 41.6. The molecule has 0 aromatic rings. The molecule has 0 radical (unpaired) electrons. The van der Waals surface area contributed by atoms with Crippen LogP contribution in [0.3, 0.4) is 0 Å². The summed E-state index contributed by atoms with van der Waals surface area (Å²) in [5, 5.41) is 54.4. The molecule has 2 unspecified atom stereocenters. The van der Waals surface area contributed by atoms with Gasteiger partial charge in [-0.05, 0) is 12.8 Å². The van der Waals surface area contributed by atoms with Crippen molar-refractivity contribution in [2.24, 2.45) is 0 Å². The van der Waals surface area contributed by atoms with Crippen LogP contribution >= 0.6 is 0 Å². The second-order valence-electron chi connectivity index (χ2n) is 17.6. The zero-order valence-corrected chi connectivity index (χ0v) is 37.4. The van der Waals surface area contributed by atoms with E-state index in [4.69, 9.17) is 9.47 Å². The van der Waals surface area contributed by atoms with E-state index in [0.717, 1.165) is 38.5 Å². The average molecular weight is 814 g/mol. The van der Waals surface area contributed by atoms with Gasteiger partial charge >= 0.3 is 0 Å². The zero-order valence-electron chi connectivity index (χ0n) is 37.4. The first-order chi connectivity index (χ1) is 27.8. The molecule has 1 fully saturated rings. The molecule has 1 aliphatic heterocycles. The highest BCUT2D eigenvalue weighted by molar-refractivity contribution is 5.76. The van der Waals surface area contributed by atoms with Gasteiger partial charge < -0.3 is 40.3 Å². The molecule has 1 saturated heterocycles. The molecular formula is C48H95NO8. The molecule has 340 valence electrons. The summed E-state index contributed by atoms with van der Waals surface area (Å²) in [5.74, 6) is -0.139. The lowest BCUT2D eigenvalue weighted by Crippen LogP contribution is -2.60. The molecular weight excluding hydrogens is 719 g/mol. The summed E-state index contributed by atoms with van der Waals surface area (Å²) in [7, 11) is 0. The van der Waals surface area contributed by atoms with Crippen molar-refractivity contribution < 1.29 is 39.8 Å². The quantitative estimate of drug-likeness (QED) is 0.0334. The number of unbranched alkanes of at least 4 members (excludes halogenated alkanes) is 32. The summed E-state index contributed by atoms with van der Waals surface area (Å²) in [5.41, 5.74) is 0. The Morgan fingerprint density at radius 3 is 1.25 bits per heavy atom. The minimum absolute atomic E-state index is 0.131. The van der Waals surface area contributed by atoms with E-state index in [0.29, 0.717) is 12.8 Å². The summed E-state index contributed by atoms with van der Waals surface area (Å²) < 4.78 is 11.3. The van der Waals surface area contributed by atoms with Crippen LogP contribution in [0, 0.1) is 0 Å². The van der Waals surface area contributed by atoms with E-state index in [1.54, 1.807) is 0 Å². The number of carbonyl (C=O) groups is 1. The van der Waals surface area contributed by atoms with Crippen LogP contribution in [-0.2, 0) is 14.3 Å². The first-order valence-corrected chi connectivity index (χ1v) is 24.7. The third-order valence-corrected chi connectivity index (χ3v) is 12.2. The minimum atomic E-state index is -1.55. The Labute approximate surface area is 351 Å². The lowest BCUT2D eigenvalue weighted by Gasteiger charge is -2.40. The number of carbonyl (C=O) groups excluding carboxylic acids is 1. The predicted octanol–water partition coefficient (Wildman–Crippen LogP) is 10.7. The number of aliphatic hydroxyl groups is 5. The van der Waals surface area contributed by atoms with Crippen molar-refractivity contribution in [2.45, 2.75) is 288 Å². The maximum atomic E-state index is 13.0. The second-order valence-corrected chi connectivity index (χ2v) is 17.6. The Morgan fingerprint density at radius 1 is 0.526 bits per heavy atom. The van der Waals surface area contributed by atoms with Crippen LogP contribution in [0.2, 0.25) is 0 Å². The molecule has 1 heterocycles. The largest absolute Gasteiger partial charge is 0.394 e. The van der Waals surface area contributed by atoms with Gasteiger partial charge in [0.05, 0.1) is 25.4 Å². The van der Waals surface area contributed by atoms with E-state index in [-0.39, 0.29) is 12.5 Å². The smallest absolute Gasteiger partial charge is 0.220 e. The molecule has 57 heavy (non-hydrogen) atoms. The number of rotatable bonds is 42. The Hall–Kier alpha value is -0.810. The van der Waals surface area contributed by atoms with E-state index < -0.39 is 49.5 Å². The van der Waals surface area contributed by atoms with Crippen LogP contribution in [0.25, 0.3) is 0 Å². The average Bonchev–Trinajstić information content (AvgIpc) is 3.21. The van der Waals surface area contributed by atoms with E-state index in [9.17, 15) is 30.3 Å². The van der Waals surface area contributed by atoms with Crippen molar-refractivity contribution in [1.82, 2.24) is 5.32 Å². The van der Waals surface area contributed by atoms with Gasteiger partial charge in [-0.15, -0.1) is 0 Å². The Morgan fingerprint density at radius 2 is 0.877 bits per heavy atom. The number of ether oxygens (including phenoxy) is 2. The summed E-state index contributed by atoms with van der Waals surface area (Å²) in [4.78, 5) is 13.0.